The van der Waals surface area contributed by atoms with E-state index in [1.807, 2.05) is 0 Å². The van der Waals surface area contributed by atoms with Crippen LogP contribution in [-0.4, -0.2) is 36.2 Å². The maximum absolute atomic E-state index is 13.1. The lowest BCUT2D eigenvalue weighted by Crippen LogP contribution is -2.34. The van der Waals surface area contributed by atoms with Crippen molar-refractivity contribution in [2.75, 3.05) is 19.5 Å². The van der Waals surface area contributed by atoms with Gasteiger partial charge in [0.1, 0.15) is 22.7 Å². The van der Waals surface area contributed by atoms with Gasteiger partial charge in [0.2, 0.25) is 5.91 Å². The quantitative estimate of drug-likeness (QED) is 0.185. The Balaban J connectivity index is 1.30. The molecule has 1 aromatic heterocycles. The highest BCUT2D eigenvalue weighted by Gasteiger charge is 2.58. The molecule has 1 fully saturated rings. The van der Waals surface area contributed by atoms with E-state index in [2.05, 4.69) is 10.3 Å². The molecule has 0 aliphatic heterocycles. The second-order valence-electron chi connectivity index (χ2n) is 8.70. The van der Waals surface area contributed by atoms with Gasteiger partial charge in [0.05, 0.1) is 31.3 Å². The molecule has 0 unspecified atom stereocenters. The van der Waals surface area contributed by atoms with Crippen LogP contribution >= 0.6 is 0 Å². The van der Waals surface area contributed by atoms with E-state index in [1.165, 1.54) is 44.7 Å². The molecule has 1 aliphatic carbocycles. The molecular formula is C28H23FN2O7. The number of halogens is 1. The van der Waals surface area contributed by atoms with E-state index >= 15 is 0 Å². The van der Waals surface area contributed by atoms with Crippen LogP contribution in [0.5, 0.6) is 34.5 Å². The summed E-state index contributed by atoms with van der Waals surface area (Å²) in [7, 11) is 3.02. The number of ether oxygens (including phenoxy) is 4. The van der Waals surface area contributed by atoms with Gasteiger partial charge < -0.3 is 29.4 Å². The molecule has 1 saturated carbocycles. The SMILES string of the molecule is COc1cc2ncc(O)c(Oc3ccc(NC(=O)C4(C(=O)Oc5ccc(F)cc5)CC4)cc3)c2cc1OC. The Bertz CT molecular complexity index is 1520. The van der Waals surface area contributed by atoms with Crippen molar-refractivity contribution in [1.82, 2.24) is 4.98 Å². The second kappa shape index (κ2) is 9.89. The van der Waals surface area contributed by atoms with Crippen molar-refractivity contribution in [3.8, 4) is 34.5 Å². The number of methoxy groups -OCH3 is 2. The largest absolute Gasteiger partial charge is 0.503 e. The number of carbonyl (C=O) groups is 2. The molecule has 1 amide bonds. The molecule has 194 valence electrons. The highest BCUT2D eigenvalue weighted by Crippen LogP contribution is 2.48. The molecule has 10 heteroatoms. The molecule has 0 saturated heterocycles. The topological polar surface area (TPSA) is 116 Å². The number of benzene rings is 3. The number of pyridine rings is 1. The van der Waals surface area contributed by atoms with E-state index in [1.54, 1.807) is 36.4 Å². The molecule has 1 heterocycles. The van der Waals surface area contributed by atoms with Crippen molar-refractivity contribution < 1.29 is 38.0 Å². The smallest absolute Gasteiger partial charge is 0.327 e. The van der Waals surface area contributed by atoms with Crippen molar-refractivity contribution in [3.63, 3.8) is 0 Å². The first kappa shape index (κ1) is 24.8. The third-order valence-electron chi connectivity index (χ3n) is 6.24. The lowest BCUT2D eigenvalue weighted by molar-refractivity contribution is -0.145. The number of rotatable bonds is 8. The Morgan fingerprint density at radius 3 is 2.21 bits per heavy atom. The van der Waals surface area contributed by atoms with Crippen LogP contribution in [0.2, 0.25) is 0 Å². The van der Waals surface area contributed by atoms with Gasteiger partial charge in [0.25, 0.3) is 0 Å². The van der Waals surface area contributed by atoms with Crippen LogP contribution < -0.4 is 24.3 Å². The Morgan fingerprint density at radius 2 is 1.58 bits per heavy atom. The van der Waals surface area contributed by atoms with Crippen LogP contribution in [0.4, 0.5) is 10.1 Å². The van der Waals surface area contributed by atoms with Gasteiger partial charge in [-0.2, -0.15) is 0 Å². The minimum Gasteiger partial charge on any atom is -0.503 e. The van der Waals surface area contributed by atoms with E-state index in [0.29, 0.717) is 46.7 Å². The number of fused-ring (bicyclic) bond motifs is 1. The van der Waals surface area contributed by atoms with E-state index in [4.69, 9.17) is 18.9 Å². The standard InChI is InChI=1S/C28H23FN2O7/c1-35-23-13-20-21(14-24(23)36-2)30-15-22(32)25(20)37-18-9-5-17(6-10-18)31-26(33)28(11-12-28)27(34)38-19-7-3-16(29)4-8-19/h3-10,13-15,32H,11-12H2,1-2H3,(H,31,33). The summed E-state index contributed by atoms with van der Waals surface area (Å²) < 4.78 is 35.0. The molecule has 1 aliphatic rings. The summed E-state index contributed by atoms with van der Waals surface area (Å²) in [6.45, 7) is 0. The number of anilines is 1. The molecule has 0 bridgehead atoms. The van der Waals surface area contributed by atoms with Crippen molar-refractivity contribution in [2.45, 2.75) is 12.8 Å². The van der Waals surface area contributed by atoms with E-state index in [9.17, 15) is 19.1 Å². The summed E-state index contributed by atoms with van der Waals surface area (Å²) in [5.74, 6) is -0.140. The van der Waals surface area contributed by atoms with E-state index < -0.39 is 23.1 Å². The van der Waals surface area contributed by atoms with Gasteiger partial charge in [-0.15, -0.1) is 0 Å². The van der Waals surface area contributed by atoms with Gasteiger partial charge >= 0.3 is 5.97 Å². The Labute approximate surface area is 216 Å². The van der Waals surface area contributed by atoms with Crippen molar-refractivity contribution in [1.29, 1.82) is 0 Å². The molecule has 3 aromatic carbocycles. The Kier molecular flexibility index (Phi) is 6.46. The number of hydrogen-bond acceptors (Lipinski definition) is 8. The average Bonchev–Trinajstić information content (AvgIpc) is 3.74. The lowest BCUT2D eigenvalue weighted by atomic mass is 10.1. The zero-order valence-electron chi connectivity index (χ0n) is 20.5. The second-order valence-corrected chi connectivity index (χ2v) is 8.70. The first-order valence-electron chi connectivity index (χ1n) is 11.6. The minimum atomic E-state index is -1.29. The summed E-state index contributed by atoms with van der Waals surface area (Å²) in [5, 5.41) is 13.7. The first-order valence-corrected chi connectivity index (χ1v) is 11.6. The minimum absolute atomic E-state index is 0.167. The van der Waals surface area contributed by atoms with Crippen molar-refractivity contribution in [3.05, 3.63) is 72.7 Å². The van der Waals surface area contributed by atoms with Crippen LogP contribution in [0, 0.1) is 11.2 Å². The normalized spacial score (nSPS) is 13.4. The third-order valence-corrected chi connectivity index (χ3v) is 6.24. The number of esters is 1. The number of aromatic hydroxyl groups is 1. The number of carbonyl (C=O) groups excluding carboxylic acids is 2. The maximum Gasteiger partial charge on any atom is 0.327 e. The maximum atomic E-state index is 13.1. The average molecular weight is 518 g/mol. The van der Waals surface area contributed by atoms with E-state index in [-0.39, 0.29) is 17.2 Å². The zero-order valence-corrected chi connectivity index (χ0v) is 20.5. The van der Waals surface area contributed by atoms with Crippen molar-refractivity contribution in [2.24, 2.45) is 5.41 Å². The van der Waals surface area contributed by atoms with Crippen LogP contribution in [0.3, 0.4) is 0 Å². The predicted molar refractivity (Wildman–Crippen MR) is 135 cm³/mol. The molecule has 38 heavy (non-hydrogen) atoms. The van der Waals surface area contributed by atoms with Gasteiger partial charge in [0.15, 0.2) is 23.0 Å². The predicted octanol–water partition coefficient (Wildman–Crippen LogP) is 5.21. The number of nitrogens with zero attached hydrogens (tertiary/aromatic N) is 1. The van der Waals surface area contributed by atoms with Crippen LogP contribution in [0.25, 0.3) is 10.9 Å². The molecule has 5 rings (SSSR count). The van der Waals surface area contributed by atoms with Gasteiger partial charge in [-0.1, -0.05) is 0 Å². The summed E-state index contributed by atoms with van der Waals surface area (Å²) in [6.07, 6.45) is 1.98. The molecule has 0 spiro atoms. The van der Waals surface area contributed by atoms with Gasteiger partial charge in [-0.3, -0.25) is 14.6 Å². The number of hydrogen-bond donors (Lipinski definition) is 2. The van der Waals surface area contributed by atoms with E-state index in [0.717, 1.165) is 0 Å². The summed E-state index contributed by atoms with van der Waals surface area (Å²) >= 11 is 0. The molecule has 4 aromatic rings. The number of amides is 1. The number of aromatic nitrogens is 1. The third kappa shape index (κ3) is 4.75. The summed E-state index contributed by atoms with van der Waals surface area (Å²) in [4.78, 5) is 29.8. The van der Waals surface area contributed by atoms with Crippen LogP contribution in [0.1, 0.15) is 12.8 Å². The monoisotopic (exact) mass is 518 g/mol. The molecule has 0 atom stereocenters. The fraction of sp³-hybridized carbons (Fsp3) is 0.179. The fourth-order valence-corrected chi connectivity index (χ4v) is 3.92. The molecule has 0 radical (unpaired) electrons. The van der Waals surface area contributed by atoms with Crippen LogP contribution in [-0.2, 0) is 9.59 Å². The highest BCUT2D eigenvalue weighted by atomic mass is 19.1. The fourth-order valence-electron chi connectivity index (χ4n) is 3.92. The molecular weight excluding hydrogens is 495 g/mol. The number of nitrogens with one attached hydrogen (secondary N) is 1. The summed E-state index contributed by atoms with van der Waals surface area (Å²) in [6, 6.07) is 14.8. The van der Waals surface area contributed by atoms with Crippen molar-refractivity contribution >= 4 is 28.5 Å². The van der Waals surface area contributed by atoms with Gasteiger partial charge in [-0.25, -0.2) is 4.39 Å². The Hall–Kier alpha value is -4.86. The Morgan fingerprint density at radius 1 is 0.947 bits per heavy atom. The molecule has 2 N–H and O–H groups in total. The van der Waals surface area contributed by atoms with Gasteiger partial charge in [0, 0.05) is 11.8 Å². The van der Waals surface area contributed by atoms with Gasteiger partial charge in [-0.05, 0) is 67.4 Å². The molecule has 9 nitrogen and oxygen atoms in total. The zero-order chi connectivity index (χ0) is 26.9. The lowest BCUT2D eigenvalue weighted by Gasteiger charge is -2.15. The highest BCUT2D eigenvalue weighted by molar-refractivity contribution is 6.11. The summed E-state index contributed by atoms with van der Waals surface area (Å²) in [5.41, 5.74) is -0.314. The van der Waals surface area contributed by atoms with Crippen LogP contribution in [0.15, 0.2) is 66.9 Å². The first-order chi connectivity index (χ1) is 18.3.